The number of halogens is 2. The van der Waals surface area contributed by atoms with Crippen molar-refractivity contribution in [2.45, 2.75) is 6.92 Å². The lowest BCUT2D eigenvalue weighted by atomic mass is 10.2. The van der Waals surface area contributed by atoms with Gasteiger partial charge in [-0.3, -0.25) is 4.79 Å². The highest BCUT2D eigenvalue weighted by Gasteiger charge is 2.11. The molecule has 1 amide bonds. The molecule has 2 rings (SSSR count). The van der Waals surface area contributed by atoms with Crippen LogP contribution in [-0.2, 0) is 0 Å². The SMILES string of the molecule is Cc1ccc(F)c(NC(=O)c2ccc(Cl)s2)c1. The summed E-state index contributed by atoms with van der Waals surface area (Å²) >= 11 is 6.88. The van der Waals surface area contributed by atoms with Gasteiger partial charge in [0.2, 0.25) is 0 Å². The molecule has 0 aliphatic heterocycles. The van der Waals surface area contributed by atoms with Crippen molar-refractivity contribution < 1.29 is 9.18 Å². The largest absolute Gasteiger partial charge is 0.319 e. The number of hydrogen-bond acceptors (Lipinski definition) is 2. The average Bonchev–Trinajstić information content (AvgIpc) is 2.70. The van der Waals surface area contributed by atoms with Gasteiger partial charge in [0.25, 0.3) is 5.91 Å². The molecular formula is C12H9ClFNOS. The minimum Gasteiger partial charge on any atom is -0.319 e. The highest BCUT2D eigenvalue weighted by molar-refractivity contribution is 7.18. The average molecular weight is 270 g/mol. The maximum atomic E-state index is 13.4. The number of anilines is 1. The number of amides is 1. The predicted octanol–water partition coefficient (Wildman–Crippen LogP) is 4.10. The van der Waals surface area contributed by atoms with Crippen LogP contribution in [0, 0.1) is 12.7 Å². The van der Waals surface area contributed by atoms with Crippen LogP contribution in [-0.4, -0.2) is 5.91 Å². The number of carbonyl (C=O) groups is 1. The van der Waals surface area contributed by atoms with Crippen LogP contribution < -0.4 is 5.32 Å². The number of aryl methyl sites for hydroxylation is 1. The van der Waals surface area contributed by atoms with E-state index in [4.69, 9.17) is 11.6 Å². The molecule has 1 aromatic carbocycles. The topological polar surface area (TPSA) is 29.1 Å². The summed E-state index contributed by atoms with van der Waals surface area (Å²) in [7, 11) is 0. The van der Waals surface area contributed by atoms with Gasteiger partial charge in [0.05, 0.1) is 14.9 Å². The molecule has 88 valence electrons. The van der Waals surface area contributed by atoms with Crippen LogP contribution in [0.2, 0.25) is 4.34 Å². The number of carbonyl (C=O) groups excluding carboxylic acids is 1. The minimum atomic E-state index is -0.452. The second-order valence-electron chi connectivity index (χ2n) is 3.54. The van der Waals surface area contributed by atoms with Gasteiger partial charge in [-0.2, -0.15) is 0 Å². The van der Waals surface area contributed by atoms with E-state index in [9.17, 15) is 9.18 Å². The molecule has 0 saturated heterocycles. The lowest BCUT2D eigenvalue weighted by Crippen LogP contribution is -2.11. The summed E-state index contributed by atoms with van der Waals surface area (Å²) in [5, 5.41) is 2.52. The molecule has 0 radical (unpaired) electrons. The van der Waals surface area contributed by atoms with Gasteiger partial charge in [0.15, 0.2) is 0 Å². The molecular weight excluding hydrogens is 261 g/mol. The van der Waals surface area contributed by atoms with E-state index in [1.54, 1.807) is 24.3 Å². The third kappa shape index (κ3) is 2.84. The van der Waals surface area contributed by atoms with Crippen LogP contribution in [0.15, 0.2) is 30.3 Å². The quantitative estimate of drug-likeness (QED) is 0.874. The molecule has 0 saturated carbocycles. The van der Waals surface area contributed by atoms with E-state index in [0.717, 1.165) is 16.9 Å². The third-order valence-electron chi connectivity index (χ3n) is 2.17. The lowest BCUT2D eigenvalue weighted by molar-refractivity contribution is 0.103. The Balaban J connectivity index is 2.21. The van der Waals surface area contributed by atoms with Crippen molar-refractivity contribution in [2.24, 2.45) is 0 Å². The number of benzene rings is 1. The number of nitrogens with one attached hydrogen (secondary N) is 1. The number of hydrogen-bond donors (Lipinski definition) is 1. The fraction of sp³-hybridized carbons (Fsp3) is 0.0833. The molecule has 2 aromatic rings. The highest BCUT2D eigenvalue weighted by Crippen LogP contribution is 2.23. The molecule has 0 spiro atoms. The second-order valence-corrected chi connectivity index (χ2v) is 5.26. The van der Waals surface area contributed by atoms with Gasteiger partial charge in [-0.1, -0.05) is 17.7 Å². The van der Waals surface area contributed by atoms with Crippen LogP contribution in [0.3, 0.4) is 0 Å². The fourth-order valence-corrected chi connectivity index (χ4v) is 2.29. The van der Waals surface area contributed by atoms with Crippen molar-refractivity contribution in [3.63, 3.8) is 0 Å². The molecule has 1 heterocycles. The van der Waals surface area contributed by atoms with Crippen molar-refractivity contribution in [3.8, 4) is 0 Å². The smallest absolute Gasteiger partial charge is 0.265 e. The summed E-state index contributed by atoms with van der Waals surface area (Å²) < 4.78 is 13.9. The first-order valence-corrected chi connectivity index (χ1v) is 6.08. The maximum Gasteiger partial charge on any atom is 0.265 e. The van der Waals surface area contributed by atoms with Gasteiger partial charge < -0.3 is 5.32 Å². The summed E-state index contributed by atoms with van der Waals surface area (Å²) in [4.78, 5) is 12.2. The van der Waals surface area contributed by atoms with Crippen molar-refractivity contribution in [1.82, 2.24) is 0 Å². The van der Waals surface area contributed by atoms with Crippen molar-refractivity contribution in [1.29, 1.82) is 0 Å². The highest BCUT2D eigenvalue weighted by atomic mass is 35.5. The van der Waals surface area contributed by atoms with Crippen LogP contribution in [0.25, 0.3) is 0 Å². The molecule has 0 fully saturated rings. The van der Waals surface area contributed by atoms with Crippen molar-refractivity contribution >= 4 is 34.5 Å². The first-order chi connectivity index (χ1) is 8.06. The first-order valence-electron chi connectivity index (χ1n) is 4.89. The lowest BCUT2D eigenvalue weighted by Gasteiger charge is -2.05. The zero-order valence-corrected chi connectivity index (χ0v) is 10.5. The Morgan fingerprint density at radius 3 is 2.76 bits per heavy atom. The molecule has 0 atom stereocenters. The summed E-state index contributed by atoms with van der Waals surface area (Å²) in [5.74, 6) is -0.807. The Kier molecular flexibility index (Phi) is 3.45. The molecule has 1 N–H and O–H groups in total. The summed E-state index contributed by atoms with van der Waals surface area (Å²) in [6.45, 7) is 1.83. The molecule has 1 aromatic heterocycles. The van der Waals surface area contributed by atoms with Crippen LogP contribution in [0.1, 0.15) is 15.2 Å². The van der Waals surface area contributed by atoms with Gasteiger partial charge in [-0.25, -0.2) is 4.39 Å². The third-order valence-corrected chi connectivity index (χ3v) is 3.40. The van der Waals surface area contributed by atoms with E-state index < -0.39 is 5.82 Å². The Morgan fingerprint density at radius 1 is 1.35 bits per heavy atom. The van der Waals surface area contributed by atoms with E-state index in [0.29, 0.717) is 9.21 Å². The van der Waals surface area contributed by atoms with E-state index >= 15 is 0 Å². The van der Waals surface area contributed by atoms with Crippen LogP contribution in [0.4, 0.5) is 10.1 Å². The van der Waals surface area contributed by atoms with E-state index in [1.807, 2.05) is 6.92 Å². The zero-order valence-electron chi connectivity index (χ0n) is 8.96. The monoisotopic (exact) mass is 269 g/mol. The van der Waals surface area contributed by atoms with Gasteiger partial charge in [-0.05, 0) is 36.8 Å². The van der Waals surface area contributed by atoms with Crippen LogP contribution in [0.5, 0.6) is 0 Å². The summed E-state index contributed by atoms with van der Waals surface area (Å²) in [6, 6.07) is 7.80. The fourth-order valence-electron chi connectivity index (χ4n) is 1.36. The summed E-state index contributed by atoms with van der Waals surface area (Å²) in [6.07, 6.45) is 0. The minimum absolute atomic E-state index is 0.180. The van der Waals surface area contributed by atoms with E-state index in [-0.39, 0.29) is 11.6 Å². The van der Waals surface area contributed by atoms with Gasteiger partial charge >= 0.3 is 0 Å². The zero-order chi connectivity index (χ0) is 12.4. The normalized spacial score (nSPS) is 10.3. The second kappa shape index (κ2) is 4.85. The Morgan fingerprint density at radius 2 is 2.12 bits per heavy atom. The van der Waals surface area contributed by atoms with Gasteiger partial charge in [0, 0.05) is 0 Å². The maximum absolute atomic E-state index is 13.4. The molecule has 0 aliphatic rings. The predicted molar refractivity (Wildman–Crippen MR) is 68.4 cm³/mol. The molecule has 0 bridgehead atoms. The number of rotatable bonds is 2. The molecule has 0 unspecified atom stereocenters. The number of thiophene rings is 1. The molecule has 17 heavy (non-hydrogen) atoms. The van der Waals surface area contributed by atoms with E-state index in [2.05, 4.69) is 5.32 Å². The van der Waals surface area contributed by atoms with Gasteiger partial charge in [0.1, 0.15) is 5.82 Å². The Hall–Kier alpha value is -1.39. The van der Waals surface area contributed by atoms with Crippen molar-refractivity contribution in [2.75, 3.05) is 5.32 Å². The Labute approximate surface area is 107 Å². The molecule has 5 heteroatoms. The standard InChI is InChI=1S/C12H9ClFNOS/c1-7-2-3-8(14)9(6-7)15-12(16)10-4-5-11(13)17-10/h2-6H,1H3,(H,15,16). The first kappa shape index (κ1) is 12.1. The summed E-state index contributed by atoms with van der Waals surface area (Å²) in [5.41, 5.74) is 1.06. The Bertz CT molecular complexity index is 567. The van der Waals surface area contributed by atoms with E-state index in [1.165, 1.54) is 6.07 Å². The molecule has 0 aliphatic carbocycles. The van der Waals surface area contributed by atoms with Crippen molar-refractivity contribution in [3.05, 3.63) is 50.9 Å². The molecule has 2 nitrogen and oxygen atoms in total. The van der Waals surface area contributed by atoms with Crippen LogP contribution >= 0.6 is 22.9 Å². The van der Waals surface area contributed by atoms with Gasteiger partial charge in [-0.15, -0.1) is 11.3 Å².